The quantitative estimate of drug-likeness (QED) is 0.547. The van der Waals surface area contributed by atoms with Crippen LogP contribution in [0.25, 0.3) is 10.9 Å². The fourth-order valence-corrected chi connectivity index (χ4v) is 2.38. The van der Waals surface area contributed by atoms with Crippen molar-refractivity contribution in [1.29, 1.82) is 0 Å². The van der Waals surface area contributed by atoms with Gasteiger partial charge < -0.3 is 4.98 Å². The molecule has 6 heteroatoms. The molecule has 0 fully saturated rings. The Morgan fingerprint density at radius 1 is 1.14 bits per heavy atom. The highest BCUT2D eigenvalue weighted by atomic mass is 35.5. The fraction of sp³-hybridized carbons (Fsp3) is 0. The largest absolute Gasteiger partial charge is 0.360 e. The molecule has 0 aliphatic carbocycles. The Labute approximate surface area is 136 Å². The summed E-state index contributed by atoms with van der Waals surface area (Å²) in [5.41, 5.74) is 4.69. The van der Waals surface area contributed by atoms with E-state index in [2.05, 4.69) is 15.5 Å². The second kappa shape index (κ2) is 6.22. The van der Waals surface area contributed by atoms with Gasteiger partial charge in [0.2, 0.25) is 0 Å². The van der Waals surface area contributed by atoms with Gasteiger partial charge in [0, 0.05) is 17.1 Å². The zero-order chi connectivity index (χ0) is 15.5. The van der Waals surface area contributed by atoms with E-state index in [4.69, 9.17) is 23.2 Å². The summed E-state index contributed by atoms with van der Waals surface area (Å²) < 4.78 is 0. The fourth-order valence-electron chi connectivity index (χ4n) is 2.08. The third-order valence-corrected chi connectivity index (χ3v) is 3.90. The molecule has 2 aromatic carbocycles. The average molecular weight is 332 g/mol. The van der Waals surface area contributed by atoms with Crippen molar-refractivity contribution in [2.24, 2.45) is 5.10 Å². The minimum Gasteiger partial charge on any atom is -0.360 e. The van der Waals surface area contributed by atoms with Crippen LogP contribution in [0.3, 0.4) is 0 Å². The zero-order valence-electron chi connectivity index (χ0n) is 11.3. The molecule has 3 aromatic rings. The lowest BCUT2D eigenvalue weighted by Crippen LogP contribution is -2.17. The normalized spacial score (nSPS) is 11.2. The monoisotopic (exact) mass is 331 g/mol. The summed E-state index contributed by atoms with van der Waals surface area (Å²) in [7, 11) is 0. The molecule has 3 rings (SSSR count). The molecule has 1 aromatic heterocycles. The van der Waals surface area contributed by atoms with Crippen LogP contribution in [0, 0.1) is 0 Å². The van der Waals surface area contributed by atoms with Gasteiger partial charge in [-0.2, -0.15) is 5.10 Å². The highest BCUT2D eigenvalue weighted by Gasteiger charge is 2.10. The third kappa shape index (κ3) is 2.98. The van der Waals surface area contributed by atoms with Gasteiger partial charge in [0.1, 0.15) is 0 Å². The average Bonchev–Trinajstić information content (AvgIpc) is 2.95. The van der Waals surface area contributed by atoms with Gasteiger partial charge in [0.05, 0.1) is 21.8 Å². The molecule has 0 saturated carbocycles. The lowest BCUT2D eigenvalue weighted by molar-refractivity contribution is 0.0957. The molecule has 0 unspecified atom stereocenters. The molecule has 0 radical (unpaired) electrons. The van der Waals surface area contributed by atoms with Crippen molar-refractivity contribution in [3.05, 3.63) is 69.8 Å². The standard InChI is InChI=1S/C16H11Cl2N3O/c17-13-6-5-10(7-14(13)18)8-20-21-16(22)12-9-19-15-4-2-1-3-11(12)15/h1-9,19H,(H,21,22). The number of amides is 1. The predicted molar refractivity (Wildman–Crippen MR) is 89.8 cm³/mol. The maximum absolute atomic E-state index is 12.1. The van der Waals surface area contributed by atoms with E-state index < -0.39 is 0 Å². The number of para-hydroxylation sites is 1. The molecule has 4 nitrogen and oxygen atoms in total. The minimum absolute atomic E-state index is 0.284. The number of halogens is 2. The number of hydrogen-bond acceptors (Lipinski definition) is 2. The summed E-state index contributed by atoms with van der Waals surface area (Å²) in [6.45, 7) is 0. The number of aromatic amines is 1. The van der Waals surface area contributed by atoms with Gasteiger partial charge in [-0.05, 0) is 23.8 Å². The molecule has 2 N–H and O–H groups in total. The van der Waals surface area contributed by atoms with Crippen molar-refractivity contribution < 1.29 is 4.79 Å². The van der Waals surface area contributed by atoms with Crippen LogP contribution >= 0.6 is 23.2 Å². The molecule has 0 aliphatic rings. The van der Waals surface area contributed by atoms with E-state index in [1.165, 1.54) is 6.21 Å². The van der Waals surface area contributed by atoms with E-state index in [-0.39, 0.29) is 5.91 Å². The van der Waals surface area contributed by atoms with E-state index in [1.807, 2.05) is 24.3 Å². The number of hydrogen-bond donors (Lipinski definition) is 2. The van der Waals surface area contributed by atoms with Gasteiger partial charge >= 0.3 is 0 Å². The van der Waals surface area contributed by atoms with Gasteiger partial charge in [-0.1, -0.05) is 47.5 Å². The first-order valence-electron chi connectivity index (χ1n) is 6.50. The van der Waals surface area contributed by atoms with Crippen LogP contribution in [-0.4, -0.2) is 17.1 Å². The highest BCUT2D eigenvalue weighted by Crippen LogP contribution is 2.21. The Hall–Kier alpha value is -2.30. The molecule has 0 bridgehead atoms. The summed E-state index contributed by atoms with van der Waals surface area (Å²) in [4.78, 5) is 15.2. The molecule has 22 heavy (non-hydrogen) atoms. The molecular weight excluding hydrogens is 321 g/mol. The van der Waals surface area contributed by atoms with Crippen LogP contribution < -0.4 is 5.43 Å². The number of nitrogens with zero attached hydrogens (tertiary/aromatic N) is 1. The van der Waals surface area contributed by atoms with E-state index in [1.54, 1.807) is 24.4 Å². The Bertz CT molecular complexity index is 871. The number of aromatic nitrogens is 1. The van der Waals surface area contributed by atoms with Crippen molar-refractivity contribution in [3.63, 3.8) is 0 Å². The van der Waals surface area contributed by atoms with Crippen molar-refractivity contribution >= 4 is 46.2 Å². The highest BCUT2D eigenvalue weighted by molar-refractivity contribution is 6.42. The Morgan fingerprint density at radius 2 is 1.95 bits per heavy atom. The van der Waals surface area contributed by atoms with Crippen LogP contribution in [0.4, 0.5) is 0 Å². The van der Waals surface area contributed by atoms with Gasteiger partial charge in [-0.25, -0.2) is 5.43 Å². The lowest BCUT2D eigenvalue weighted by Gasteiger charge is -1.99. The number of rotatable bonds is 3. The zero-order valence-corrected chi connectivity index (χ0v) is 12.8. The van der Waals surface area contributed by atoms with Gasteiger partial charge in [-0.15, -0.1) is 0 Å². The van der Waals surface area contributed by atoms with Gasteiger partial charge in [0.15, 0.2) is 0 Å². The number of carbonyl (C=O) groups excluding carboxylic acids is 1. The predicted octanol–water partition coefficient (Wildman–Crippen LogP) is 4.24. The number of H-pyrrole nitrogens is 1. The first-order valence-corrected chi connectivity index (χ1v) is 7.25. The van der Waals surface area contributed by atoms with E-state index >= 15 is 0 Å². The number of nitrogens with one attached hydrogen (secondary N) is 2. The Kier molecular flexibility index (Phi) is 4.13. The van der Waals surface area contributed by atoms with E-state index in [0.717, 1.165) is 16.5 Å². The van der Waals surface area contributed by atoms with E-state index in [0.29, 0.717) is 15.6 Å². The maximum Gasteiger partial charge on any atom is 0.273 e. The van der Waals surface area contributed by atoms with Gasteiger partial charge in [-0.3, -0.25) is 4.79 Å². The van der Waals surface area contributed by atoms with Crippen molar-refractivity contribution in [2.45, 2.75) is 0 Å². The molecule has 0 spiro atoms. The molecule has 110 valence electrons. The minimum atomic E-state index is -0.284. The van der Waals surface area contributed by atoms with Gasteiger partial charge in [0.25, 0.3) is 5.91 Å². The first-order chi connectivity index (χ1) is 10.6. The smallest absolute Gasteiger partial charge is 0.273 e. The summed E-state index contributed by atoms with van der Waals surface area (Å²) in [5.74, 6) is -0.284. The maximum atomic E-state index is 12.1. The lowest BCUT2D eigenvalue weighted by atomic mass is 10.2. The number of hydrazone groups is 1. The topological polar surface area (TPSA) is 57.2 Å². The van der Waals surface area contributed by atoms with Crippen LogP contribution in [0.2, 0.25) is 10.0 Å². The first kappa shape index (κ1) is 14.6. The summed E-state index contributed by atoms with van der Waals surface area (Å²) in [6, 6.07) is 12.7. The van der Waals surface area contributed by atoms with Crippen molar-refractivity contribution in [1.82, 2.24) is 10.4 Å². The number of benzene rings is 2. The molecular formula is C16H11Cl2N3O. The SMILES string of the molecule is O=C(NN=Cc1ccc(Cl)c(Cl)c1)c1c[nH]c2ccccc12. The van der Waals surface area contributed by atoms with Crippen LogP contribution in [0.15, 0.2) is 53.8 Å². The Morgan fingerprint density at radius 3 is 2.77 bits per heavy atom. The second-order valence-corrected chi connectivity index (χ2v) is 5.44. The summed E-state index contributed by atoms with van der Waals surface area (Å²) in [6.07, 6.45) is 3.17. The summed E-state index contributed by atoms with van der Waals surface area (Å²) in [5, 5.41) is 5.70. The van der Waals surface area contributed by atoms with Crippen LogP contribution in [-0.2, 0) is 0 Å². The van der Waals surface area contributed by atoms with E-state index in [9.17, 15) is 4.79 Å². The molecule has 1 heterocycles. The second-order valence-electron chi connectivity index (χ2n) is 4.62. The van der Waals surface area contributed by atoms with Crippen molar-refractivity contribution in [3.8, 4) is 0 Å². The molecule has 0 aliphatic heterocycles. The molecule has 1 amide bonds. The molecule has 0 atom stereocenters. The van der Waals surface area contributed by atoms with Crippen LogP contribution in [0.1, 0.15) is 15.9 Å². The Balaban J connectivity index is 1.74. The van der Waals surface area contributed by atoms with Crippen molar-refractivity contribution in [2.75, 3.05) is 0 Å². The summed E-state index contributed by atoms with van der Waals surface area (Å²) >= 11 is 11.8. The molecule has 0 saturated heterocycles. The van der Waals surface area contributed by atoms with Crippen LogP contribution in [0.5, 0.6) is 0 Å². The number of fused-ring (bicyclic) bond motifs is 1. The third-order valence-electron chi connectivity index (χ3n) is 3.16. The number of carbonyl (C=O) groups is 1.